The molecule has 0 spiro atoms. The Hall–Kier alpha value is -4.47. The molecule has 49 heavy (non-hydrogen) atoms. The molecule has 0 aliphatic rings. The first-order valence-corrected chi connectivity index (χ1v) is 16.8. The summed E-state index contributed by atoms with van der Waals surface area (Å²) < 4.78 is 10.7. The second-order valence-electron chi connectivity index (χ2n) is 14.0. The first-order chi connectivity index (χ1) is 23.0. The number of ether oxygens (including phenoxy) is 1. The second kappa shape index (κ2) is 13.4. The molecular weight excluding hydrogens is 784 g/mol. The minimum absolute atomic E-state index is 0. The van der Waals surface area contributed by atoms with Crippen LogP contribution in [0.2, 0.25) is 0 Å². The van der Waals surface area contributed by atoms with Crippen LogP contribution >= 0.6 is 0 Å². The number of fused-ring (bicyclic) bond motifs is 3. The molecule has 4 aromatic carbocycles. The zero-order valence-corrected chi connectivity index (χ0v) is 31.7. The Bertz CT molecular complexity index is 2290. The van der Waals surface area contributed by atoms with Crippen LogP contribution in [0.4, 0.5) is 0 Å². The van der Waals surface area contributed by atoms with Crippen molar-refractivity contribution < 1.29 is 25.8 Å². The van der Waals surface area contributed by atoms with Crippen molar-refractivity contribution in [1.82, 2.24) is 19.3 Å². The molecular formula is C43H42N4OPt. The van der Waals surface area contributed by atoms with Crippen molar-refractivity contribution >= 4 is 21.8 Å². The van der Waals surface area contributed by atoms with Gasteiger partial charge in [0, 0.05) is 34.5 Å². The van der Waals surface area contributed by atoms with Gasteiger partial charge in [0.15, 0.2) is 0 Å². The summed E-state index contributed by atoms with van der Waals surface area (Å²) in [5.74, 6) is 2.57. The van der Waals surface area contributed by atoms with Gasteiger partial charge in [-0.3, -0.25) is 4.68 Å². The van der Waals surface area contributed by atoms with E-state index in [1.807, 2.05) is 29.1 Å². The number of hydrogen-bond donors (Lipinski definition) is 0. The molecule has 5 nitrogen and oxygen atoms in total. The van der Waals surface area contributed by atoms with E-state index < -0.39 is 0 Å². The Morgan fingerprint density at radius 2 is 1.61 bits per heavy atom. The molecule has 3 aromatic heterocycles. The summed E-state index contributed by atoms with van der Waals surface area (Å²) in [6.07, 6.45) is 3.00. The van der Waals surface area contributed by atoms with Crippen LogP contribution in [0.5, 0.6) is 11.5 Å². The van der Waals surface area contributed by atoms with Crippen LogP contribution in [-0.4, -0.2) is 19.3 Å². The standard InChI is InChI=1S/C43H42N4O.Pt/c1-9-28(3)32-15-18-39-38(23-32)37-17-16-35(26-40(37)46(39)41-24-33(19-20-44-41)43(6,7)8)48-36-22-27(2)21-34(25-36)47-30(5)42(29(4)45-47)31-13-11-10-12-14-31;/h10-24,28H,9H2,1-8H3;/q-2;+2. The number of pyridine rings is 1. The fourth-order valence-corrected chi connectivity index (χ4v) is 6.64. The molecule has 7 aromatic rings. The van der Waals surface area contributed by atoms with E-state index in [9.17, 15) is 0 Å². The van der Waals surface area contributed by atoms with E-state index in [0.717, 1.165) is 62.4 Å². The molecule has 6 heteroatoms. The number of benzene rings is 4. The summed E-state index contributed by atoms with van der Waals surface area (Å²) in [5.41, 5.74) is 10.8. The molecule has 1 unspecified atom stereocenters. The van der Waals surface area contributed by atoms with E-state index >= 15 is 0 Å². The van der Waals surface area contributed by atoms with Gasteiger partial charge in [-0.05, 0) is 77.6 Å². The predicted molar refractivity (Wildman–Crippen MR) is 197 cm³/mol. The molecule has 0 N–H and O–H groups in total. The average molecular weight is 826 g/mol. The first kappa shape index (κ1) is 34.4. The van der Waals surface area contributed by atoms with E-state index in [1.54, 1.807) is 0 Å². The van der Waals surface area contributed by atoms with Crippen molar-refractivity contribution in [1.29, 1.82) is 0 Å². The van der Waals surface area contributed by atoms with Crippen LogP contribution in [-0.2, 0) is 26.5 Å². The van der Waals surface area contributed by atoms with Crippen molar-refractivity contribution in [2.45, 2.75) is 73.1 Å². The molecule has 0 fully saturated rings. The van der Waals surface area contributed by atoms with Crippen LogP contribution in [0.1, 0.15) is 75.0 Å². The van der Waals surface area contributed by atoms with Gasteiger partial charge in [0.1, 0.15) is 5.82 Å². The van der Waals surface area contributed by atoms with Gasteiger partial charge in [-0.2, -0.15) is 16.7 Å². The summed E-state index contributed by atoms with van der Waals surface area (Å²) in [4.78, 5) is 4.87. The van der Waals surface area contributed by atoms with Crippen LogP contribution in [0, 0.1) is 32.9 Å². The molecule has 0 aliphatic heterocycles. The fraction of sp³-hybridized carbons (Fsp3) is 0.256. The first-order valence-electron chi connectivity index (χ1n) is 16.8. The molecule has 0 bridgehead atoms. The monoisotopic (exact) mass is 825 g/mol. The molecule has 7 rings (SSSR count). The summed E-state index contributed by atoms with van der Waals surface area (Å²) >= 11 is 0. The van der Waals surface area contributed by atoms with E-state index in [4.69, 9.17) is 14.8 Å². The van der Waals surface area contributed by atoms with Gasteiger partial charge in [0.25, 0.3) is 0 Å². The summed E-state index contributed by atoms with van der Waals surface area (Å²) in [7, 11) is 0. The maximum Gasteiger partial charge on any atom is 2.00 e. The van der Waals surface area contributed by atoms with Gasteiger partial charge in [0.2, 0.25) is 0 Å². The normalized spacial score (nSPS) is 12.3. The minimum Gasteiger partial charge on any atom is -0.509 e. The topological polar surface area (TPSA) is 44.9 Å². The van der Waals surface area contributed by atoms with Crippen molar-refractivity contribution in [3.05, 3.63) is 131 Å². The Balaban J connectivity index is 0.00000417. The molecule has 250 valence electrons. The average Bonchev–Trinajstić information content (AvgIpc) is 3.56. The third-order valence-electron chi connectivity index (χ3n) is 9.47. The van der Waals surface area contributed by atoms with E-state index in [1.165, 1.54) is 16.5 Å². The third kappa shape index (κ3) is 6.49. The van der Waals surface area contributed by atoms with Crippen molar-refractivity contribution in [2.24, 2.45) is 0 Å². The van der Waals surface area contributed by atoms with Crippen molar-refractivity contribution in [3.8, 4) is 34.1 Å². The van der Waals surface area contributed by atoms with Gasteiger partial charge in [-0.25, -0.2) is 4.98 Å². The van der Waals surface area contributed by atoms with Crippen LogP contribution in [0.3, 0.4) is 0 Å². The molecule has 0 radical (unpaired) electrons. The van der Waals surface area contributed by atoms with Crippen LogP contribution < -0.4 is 4.74 Å². The summed E-state index contributed by atoms with van der Waals surface area (Å²) in [5, 5.41) is 7.23. The molecule has 0 saturated carbocycles. The Morgan fingerprint density at radius 3 is 2.35 bits per heavy atom. The molecule has 0 amide bonds. The maximum atomic E-state index is 6.55. The smallest absolute Gasteiger partial charge is 0.509 e. The van der Waals surface area contributed by atoms with Gasteiger partial charge in [-0.1, -0.05) is 89.5 Å². The summed E-state index contributed by atoms with van der Waals surface area (Å²) in [6.45, 7) is 17.5. The number of hydrogen-bond acceptors (Lipinski definition) is 3. The fourth-order valence-electron chi connectivity index (χ4n) is 6.64. The number of nitrogens with zero attached hydrogens (tertiary/aromatic N) is 4. The third-order valence-corrected chi connectivity index (χ3v) is 9.47. The van der Waals surface area contributed by atoms with Gasteiger partial charge >= 0.3 is 21.1 Å². The minimum atomic E-state index is -0.00972. The van der Waals surface area contributed by atoms with E-state index in [-0.39, 0.29) is 26.5 Å². The Kier molecular flexibility index (Phi) is 9.44. The van der Waals surface area contributed by atoms with Crippen molar-refractivity contribution in [3.63, 3.8) is 0 Å². The Morgan fingerprint density at radius 1 is 0.837 bits per heavy atom. The van der Waals surface area contributed by atoms with Crippen molar-refractivity contribution in [2.75, 3.05) is 0 Å². The largest absolute Gasteiger partial charge is 2.00 e. The van der Waals surface area contributed by atoms with Crippen LogP contribution in [0.25, 0.3) is 44.4 Å². The molecule has 1 atom stereocenters. The summed E-state index contributed by atoms with van der Waals surface area (Å²) in [6, 6.07) is 36.9. The SMILES string of the molecule is CCC(C)c1ccc2c(c1)c1ccc(Oc3[c-]c(-n4nc(C)c(-c5ccccc5)c4C)cc(C)c3)[c-]c1n2-c1cc(C(C)(C)C)ccn1.[Pt+2]. The van der Waals surface area contributed by atoms with Gasteiger partial charge < -0.3 is 9.30 Å². The molecule has 3 heterocycles. The predicted octanol–water partition coefficient (Wildman–Crippen LogP) is 11.2. The quantitative estimate of drug-likeness (QED) is 0.150. The van der Waals surface area contributed by atoms with E-state index in [2.05, 4.69) is 139 Å². The number of aryl methyl sites for hydroxylation is 2. The zero-order valence-electron chi connectivity index (χ0n) is 29.5. The Labute approximate surface area is 304 Å². The van der Waals surface area contributed by atoms with E-state index in [0.29, 0.717) is 17.4 Å². The zero-order chi connectivity index (χ0) is 33.7. The van der Waals surface area contributed by atoms with Gasteiger partial charge in [-0.15, -0.1) is 35.7 Å². The molecule has 0 aliphatic carbocycles. The second-order valence-corrected chi connectivity index (χ2v) is 14.0. The van der Waals surface area contributed by atoms with Crippen LogP contribution in [0.15, 0.2) is 91.1 Å². The molecule has 0 saturated heterocycles. The maximum absolute atomic E-state index is 6.55. The van der Waals surface area contributed by atoms with Gasteiger partial charge in [0.05, 0.1) is 5.69 Å². The number of aromatic nitrogens is 4. The number of rotatable bonds is 7.